The smallest absolute Gasteiger partial charge is 0.245 e. The van der Waals surface area contributed by atoms with E-state index in [-0.39, 0.29) is 41.9 Å². The van der Waals surface area contributed by atoms with Crippen LogP contribution in [0, 0.1) is 11.8 Å². The topological polar surface area (TPSA) is 93.9 Å². The van der Waals surface area contributed by atoms with Crippen LogP contribution in [0.15, 0.2) is 18.2 Å². The van der Waals surface area contributed by atoms with Gasteiger partial charge in [-0.15, -0.1) is 0 Å². The highest BCUT2D eigenvalue weighted by atomic mass is 35.5. The van der Waals surface area contributed by atoms with Crippen LogP contribution in [0.2, 0.25) is 5.02 Å². The lowest BCUT2D eigenvalue weighted by molar-refractivity contribution is -0.194. The van der Waals surface area contributed by atoms with E-state index in [2.05, 4.69) is 19.2 Å². The number of nitrogens with two attached hydrogens (primary N) is 1. The van der Waals surface area contributed by atoms with Crippen molar-refractivity contribution in [1.29, 1.82) is 0 Å². The van der Waals surface area contributed by atoms with Crippen LogP contribution in [-0.2, 0) is 14.3 Å². The molecule has 0 radical (unpaired) electrons. The lowest BCUT2D eigenvalue weighted by atomic mass is 9.72. The number of likely N-dealkylation sites (tertiary alicyclic amines) is 1. The highest BCUT2D eigenvalue weighted by Crippen LogP contribution is 2.52. The molecule has 7 nitrogen and oxygen atoms in total. The van der Waals surface area contributed by atoms with Gasteiger partial charge in [0, 0.05) is 23.0 Å². The Morgan fingerprint density at radius 1 is 1.27 bits per heavy atom. The zero-order valence-electron chi connectivity index (χ0n) is 20.1. The fourth-order valence-corrected chi connectivity index (χ4v) is 5.69. The average molecular weight is 478 g/mol. The molecule has 3 heterocycles. The Balaban J connectivity index is 1.61. The van der Waals surface area contributed by atoms with Gasteiger partial charge in [0.05, 0.1) is 24.3 Å². The van der Waals surface area contributed by atoms with Gasteiger partial charge in [0.2, 0.25) is 11.8 Å². The highest BCUT2D eigenvalue weighted by Gasteiger charge is 2.53. The van der Waals surface area contributed by atoms with E-state index >= 15 is 0 Å². The van der Waals surface area contributed by atoms with Crippen molar-refractivity contribution in [2.75, 3.05) is 6.54 Å². The van der Waals surface area contributed by atoms with Crippen molar-refractivity contribution >= 4 is 23.4 Å². The van der Waals surface area contributed by atoms with Gasteiger partial charge in [-0.1, -0.05) is 25.4 Å². The zero-order chi connectivity index (χ0) is 24.1. The summed E-state index contributed by atoms with van der Waals surface area (Å²) in [4.78, 5) is 27.9. The van der Waals surface area contributed by atoms with E-state index in [4.69, 9.17) is 26.8 Å². The first-order valence-electron chi connectivity index (χ1n) is 12.0. The van der Waals surface area contributed by atoms with Crippen LogP contribution < -0.4 is 15.8 Å². The van der Waals surface area contributed by atoms with E-state index in [1.54, 1.807) is 6.92 Å². The number of amides is 2. The SMILES string of the molecule is CC(C)[C@H](NC(=O)[C@@H](C)N)C(=O)N1CCC[C@H]2O[C@H]3c4cc(Cl)ccc4OC(C)(C)[C@@H]3C[C@H]21. The molecule has 8 heteroatoms. The monoisotopic (exact) mass is 477 g/mol. The molecule has 2 fully saturated rings. The number of hydrogen-bond donors (Lipinski definition) is 2. The van der Waals surface area contributed by atoms with Crippen LogP contribution in [0.5, 0.6) is 5.75 Å². The van der Waals surface area contributed by atoms with Gasteiger partial charge in [0.1, 0.15) is 17.4 Å². The fraction of sp³-hybridized carbons (Fsp3) is 0.680. The second kappa shape index (κ2) is 9.08. The maximum atomic E-state index is 13.7. The van der Waals surface area contributed by atoms with Crippen LogP contribution >= 0.6 is 11.6 Å². The van der Waals surface area contributed by atoms with Crippen LogP contribution in [0.25, 0.3) is 0 Å². The molecule has 0 unspecified atom stereocenters. The molecule has 0 aromatic heterocycles. The Labute approximate surface area is 201 Å². The normalized spacial score (nSPS) is 29.8. The predicted molar refractivity (Wildman–Crippen MR) is 127 cm³/mol. The summed E-state index contributed by atoms with van der Waals surface area (Å²) in [5.41, 5.74) is 6.27. The first kappa shape index (κ1) is 24.3. The third-order valence-electron chi connectivity index (χ3n) is 7.37. The summed E-state index contributed by atoms with van der Waals surface area (Å²) in [7, 11) is 0. The molecule has 4 rings (SSSR count). The van der Waals surface area contributed by atoms with Gasteiger partial charge < -0.3 is 25.4 Å². The average Bonchev–Trinajstić information content (AvgIpc) is 2.75. The number of rotatable bonds is 4. The molecular formula is C25H36ClN3O4. The minimum Gasteiger partial charge on any atom is -0.487 e. The number of hydrogen-bond acceptors (Lipinski definition) is 5. The van der Waals surface area contributed by atoms with Crippen LogP contribution in [0.1, 0.15) is 65.5 Å². The minimum atomic E-state index is -0.668. The number of piperidine rings is 1. The van der Waals surface area contributed by atoms with Gasteiger partial charge in [-0.25, -0.2) is 0 Å². The van der Waals surface area contributed by atoms with E-state index in [1.165, 1.54) is 0 Å². The molecule has 2 amide bonds. The van der Waals surface area contributed by atoms with Gasteiger partial charge in [-0.3, -0.25) is 9.59 Å². The van der Waals surface area contributed by atoms with E-state index < -0.39 is 17.7 Å². The summed E-state index contributed by atoms with van der Waals surface area (Å²) in [5.74, 6) is 0.446. The summed E-state index contributed by atoms with van der Waals surface area (Å²) in [6.07, 6.45) is 2.33. The lowest BCUT2D eigenvalue weighted by Gasteiger charge is -2.55. The molecule has 33 heavy (non-hydrogen) atoms. The van der Waals surface area contributed by atoms with Crippen molar-refractivity contribution in [3.05, 3.63) is 28.8 Å². The maximum Gasteiger partial charge on any atom is 0.245 e. The summed E-state index contributed by atoms with van der Waals surface area (Å²) in [5, 5.41) is 3.52. The first-order chi connectivity index (χ1) is 15.5. The van der Waals surface area contributed by atoms with Crippen LogP contribution in [0.4, 0.5) is 0 Å². The molecule has 1 aromatic carbocycles. The second-order valence-electron chi connectivity index (χ2n) is 10.6. The number of fused-ring (bicyclic) bond motifs is 4. The van der Waals surface area contributed by atoms with E-state index in [0.29, 0.717) is 11.6 Å². The molecule has 0 aliphatic carbocycles. The Bertz CT molecular complexity index is 919. The largest absolute Gasteiger partial charge is 0.487 e. The summed E-state index contributed by atoms with van der Waals surface area (Å²) in [6, 6.07) is 4.34. The number of carbonyl (C=O) groups excluding carboxylic acids is 2. The standard InChI is InChI=1S/C25H36ClN3O4/c1-13(2)21(28-23(30)14(3)27)24(31)29-10-6-7-20-18(29)12-17-22(32-20)16-11-15(26)8-9-19(16)33-25(17,4)5/h8-9,11,13-14,17-18,20-22H,6-7,10,12,27H2,1-5H3,(H,28,30)/t14-,17-,18-,20-,21+,22+/m1/s1. The van der Waals surface area contributed by atoms with Crippen molar-refractivity contribution in [1.82, 2.24) is 10.2 Å². The lowest BCUT2D eigenvalue weighted by Crippen LogP contribution is -2.63. The number of nitrogens with one attached hydrogen (secondary N) is 1. The van der Waals surface area contributed by atoms with E-state index in [1.807, 2.05) is 36.9 Å². The molecule has 182 valence electrons. The Morgan fingerprint density at radius 3 is 2.67 bits per heavy atom. The molecule has 6 atom stereocenters. The molecule has 0 saturated carbocycles. The first-order valence-corrected chi connectivity index (χ1v) is 12.4. The Kier molecular flexibility index (Phi) is 6.69. The predicted octanol–water partition coefficient (Wildman–Crippen LogP) is 3.44. The Morgan fingerprint density at radius 2 is 2.00 bits per heavy atom. The van der Waals surface area contributed by atoms with Crippen molar-refractivity contribution in [2.45, 2.75) is 89.8 Å². The second-order valence-corrected chi connectivity index (χ2v) is 11.0. The number of nitrogens with zero attached hydrogens (tertiary/aromatic N) is 1. The van der Waals surface area contributed by atoms with Crippen LogP contribution in [-0.4, -0.2) is 53.1 Å². The van der Waals surface area contributed by atoms with Gasteiger partial charge in [0.25, 0.3) is 0 Å². The summed E-state index contributed by atoms with van der Waals surface area (Å²) < 4.78 is 13.1. The minimum absolute atomic E-state index is 0.0543. The molecule has 3 N–H and O–H groups in total. The van der Waals surface area contributed by atoms with Crippen LogP contribution in [0.3, 0.4) is 0 Å². The maximum absolute atomic E-state index is 13.7. The molecule has 0 spiro atoms. The van der Waals surface area contributed by atoms with E-state index in [0.717, 1.165) is 30.6 Å². The molecular weight excluding hydrogens is 442 g/mol. The highest BCUT2D eigenvalue weighted by molar-refractivity contribution is 6.30. The Hall–Kier alpha value is -1.83. The fourth-order valence-electron chi connectivity index (χ4n) is 5.51. The number of ether oxygens (including phenoxy) is 2. The molecule has 1 aromatic rings. The molecule has 0 bridgehead atoms. The molecule has 2 saturated heterocycles. The molecule has 3 aliphatic rings. The van der Waals surface area contributed by atoms with Gasteiger partial charge in [-0.2, -0.15) is 0 Å². The van der Waals surface area contributed by atoms with Gasteiger partial charge >= 0.3 is 0 Å². The van der Waals surface area contributed by atoms with Crippen molar-refractivity contribution < 1.29 is 19.1 Å². The van der Waals surface area contributed by atoms with Gasteiger partial charge in [-0.05, 0) is 64.2 Å². The van der Waals surface area contributed by atoms with Crippen molar-refractivity contribution in [2.24, 2.45) is 17.6 Å². The summed E-state index contributed by atoms with van der Waals surface area (Å²) >= 11 is 6.30. The van der Waals surface area contributed by atoms with Gasteiger partial charge in [0.15, 0.2) is 0 Å². The quantitative estimate of drug-likeness (QED) is 0.692. The van der Waals surface area contributed by atoms with Crippen molar-refractivity contribution in [3.63, 3.8) is 0 Å². The number of benzene rings is 1. The third-order valence-corrected chi connectivity index (χ3v) is 7.61. The third kappa shape index (κ3) is 4.60. The summed E-state index contributed by atoms with van der Waals surface area (Å²) in [6.45, 7) is 10.3. The zero-order valence-corrected chi connectivity index (χ0v) is 20.9. The van der Waals surface area contributed by atoms with Crippen molar-refractivity contribution in [3.8, 4) is 5.75 Å². The number of halogens is 1. The number of carbonyl (C=O) groups is 2. The molecule has 3 aliphatic heterocycles. The van der Waals surface area contributed by atoms with E-state index in [9.17, 15) is 9.59 Å².